The topological polar surface area (TPSA) is 87.3 Å². The molecular formula is C27H30ClN5O2. The van der Waals surface area contributed by atoms with E-state index in [1.54, 1.807) is 0 Å². The molecule has 2 N–H and O–H groups in total. The van der Waals surface area contributed by atoms with Crippen LogP contribution in [0.2, 0.25) is 5.02 Å². The molecule has 0 aliphatic carbocycles. The lowest BCUT2D eigenvalue weighted by atomic mass is 9.94. The van der Waals surface area contributed by atoms with Gasteiger partial charge in [0.1, 0.15) is 11.6 Å². The Kier molecular flexibility index (Phi) is 6.88. The summed E-state index contributed by atoms with van der Waals surface area (Å²) in [5, 5.41) is 18.6. The fourth-order valence-electron chi connectivity index (χ4n) is 4.88. The van der Waals surface area contributed by atoms with Crippen LogP contribution in [-0.2, 0) is 6.54 Å². The minimum atomic E-state index is 0.252. The number of hydrogen-bond donors (Lipinski definition) is 2. The number of anilines is 2. The minimum absolute atomic E-state index is 0.252. The van der Waals surface area contributed by atoms with E-state index in [9.17, 15) is 5.11 Å². The molecule has 0 radical (unpaired) electrons. The fraction of sp³-hybridized carbons (Fsp3) is 0.370. The van der Waals surface area contributed by atoms with Crippen molar-refractivity contribution in [3.8, 4) is 11.1 Å². The summed E-state index contributed by atoms with van der Waals surface area (Å²) < 4.78 is 5.40. The third-order valence-electron chi connectivity index (χ3n) is 6.79. The van der Waals surface area contributed by atoms with Crippen LogP contribution in [0, 0.1) is 19.8 Å². The van der Waals surface area contributed by atoms with E-state index in [-0.39, 0.29) is 6.61 Å². The van der Waals surface area contributed by atoms with E-state index in [0.29, 0.717) is 17.5 Å². The van der Waals surface area contributed by atoms with Crippen molar-refractivity contribution in [2.45, 2.75) is 39.7 Å². The van der Waals surface area contributed by atoms with Gasteiger partial charge < -0.3 is 19.8 Å². The normalized spacial score (nSPS) is 14.6. The molecule has 2 aromatic carbocycles. The molecule has 5 rings (SSSR count). The quantitative estimate of drug-likeness (QED) is 0.339. The number of rotatable bonds is 7. The summed E-state index contributed by atoms with van der Waals surface area (Å²) in [6.07, 6.45) is 2.94. The van der Waals surface area contributed by atoms with Crippen molar-refractivity contribution in [2.75, 3.05) is 29.9 Å². The van der Waals surface area contributed by atoms with E-state index < -0.39 is 0 Å². The number of aliphatic hydroxyl groups excluding tert-OH is 1. The number of benzene rings is 2. The lowest BCUT2D eigenvalue weighted by Crippen LogP contribution is -2.35. The molecule has 7 nitrogen and oxygen atoms in total. The van der Waals surface area contributed by atoms with Crippen molar-refractivity contribution in [1.82, 2.24) is 15.1 Å². The number of aliphatic hydroxyl groups is 1. The van der Waals surface area contributed by atoms with Gasteiger partial charge in [-0.3, -0.25) is 0 Å². The SMILES string of the molecule is Cc1noc(C)c1-c1ccc2nc(N3CCC(CCO)CC3)nc(NCc3cccc(Cl)c3)c2c1. The number of aryl methyl sites for hydroxylation is 2. The highest BCUT2D eigenvalue weighted by Gasteiger charge is 2.22. The minimum Gasteiger partial charge on any atom is -0.396 e. The Morgan fingerprint density at radius 1 is 1.11 bits per heavy atom. The van der Waals surface area contributed by atoms with Crippen LogP contribution >= 0.6 is 11.6 Å². The second-order valence-corrected chi connectivity index (χ2v) is 9.67. The van der Waals surface area contributed by atoms with E-state index in [1.165, 1.54) is 0 Å². The molecule has 0 atom stereocenters. The summed E-state index contributed by atoms with van der Waals surface area (Å²) in [7, 11) is 0. The predicted octanol–water partition coefficient (Wildman–Crippen LogP) is 5.77. The van der Waals surface area contributed by atoms with Gasteiger partial charge in [0.25, 0.3) is 0 Å². The molecule has 0 spiro atoms. The Balaban J connectivity index is 1.51. The predicted molar refractivity (Wildman–Crippen MR) is 140 cm³/mol. The Morgan fingerprint density at radius 3 is 2.66 bits per heavy atom. The van der Waals surface area contributed by atoms with Crippen LogP contribution in [0.5, 0.6) is 0 Å². The van der Waals surface area contributed by atoms with Crippen LogP contribution < -0.4 is 10.2 Å². The number of nitrogens with zero attached hydrogens (tertiary/aromatic N) is 4. The van der Waals surface area contributed by atoms with Gasteiger partial charge in [-0.2, -0.15) is 4.98 Å². The van der Waals surface area contributed by atoms with Crippen molar-refractivity contribution in [3.63, 3.8) is 0 Å². The molecule has 1 aliphatic heterocycles. The lowest BCUT2D eigenvalue weighted by Gasteiger charge is -2.32. The highest BCUT2D eigenvalue weighted by Crippen LogP contribution is 2.33. The zero-order valence-electron chi connectivity index (χ0n) is 20.1. The highest BCUT2D eigenvalue weighted by molar-refractivity contribution is 6.30. The van der Waals surface area contributed by atoms with Gasteiger partial charge in [0.05, 0.1) is 11.2 Å². The first-order valence-electron chi connectivity index (χ1n) is 12.1. The number of piperidine rings is 1. The van der Waals surface area contributed by atoms with Crippen molar-refractivity contribution in [1.29, 1.82) is 0 Å². The van der Waals surface area contributed by atoms with Gasteiger partial charge in [-0.05, 0) is 74.4 Å². The van der Waals surface area contributed by atoms with Crippen LogP contribution in [0.3, 0.4) is 0 Å². The second-order valence-electron chi connectivity index (χ2n) is 9.23. The summed E-state index contributed by atoms with van der Waals surface area (Å²) in [5.74, 6) is 2.88. The van der Waals surface area contributed by atoms with Crippen molar-refractivity contribution < 1.29 is 9.63 Å². The largest absolute Gasteiger partial charge is 0.396 e. The van der Waals surface area contributed by atoms with Gasteiger partial charge in [0.15, 0.2) is 0 Å². The van der Waals surface area contributed by atoms with Crippen LogP contribution in [0.4, 0.5) is 11.8 Å². The third-order valence-corrected chi connectivity index (χ3v) is 7.02. The van der Waals surface area contributed by atoms with Gasteiger partial charge in [0, 0.05) is 42.2 Å². The zero-order valence-corrected chi connectivity index (χ0v) is 20.8. The lowest BCUT2D eigenvalue weighted by molar-refractivity contribution is 0.240. The van der Waals surface area contributed by atoms with E-state index >= 15 is 0 Å². The number of aromatic nitrogens is 3. The van der Waals surface area contributed by atoms with Crippen molar-refractivity contribution in [3.05, 3.63) is 64.5 Å². The summed E-state index contributed by atoms with van der Waals surface area (Å²) in [5.41, 5.74) is 4.86. The maximum atomic E-state index is 9.29. The molecular weight excluding hydrogens is 462 g/mol. The maximum Gasteiger partial charge on any atom is 0.227 e. The van der Waals surface area contributed by atoms with E-state index in [1.807, 2.05) is 44.2 Å². The Bertz CT molecular complexity index is 1310. The van der Waals surface area contributed by atoms with Crippen LogP contribution in [0.1, 0.15) is 36.3 Å². The highest BCUT2D eigenvalue weighted by atomic mass is 35.5. The summed E-state index contributed by atoms with van der Waals surface area (Å²) in [4.78, 5) is 12.2. The van der Waals surface area contributed by atoms with Crippen LogP contribution in [0.15, 0.2) is 47.0 Å². The Morgan fingerprint density at radius 2 is 1.94 bits per heavy atom. The smallest absolute Gasteiger partial charge is 0.227 e. The molecule has 0 saturated carbocycles. The summed E-state index contributed by atoms with van der Waals surface area (Å²) in [6, 6.07) is 14.1. The van der Waals surface area contributed by atoms with Crippen LogP contribution in [0.25, 0.3) is 22.0 Å². The van der Waals surface area contributed by atoms with E-state index in [0.717, 1.165) is 83.2 Å². The molecule has 1 fully saturated rings. The first kappa shape index (κ1) is 23.6. The number of halogens is 1. The standard InChI is InChI=1S/C27H30ClN5O2/c1-17-25(18(2)35-32-17)21-6-7-24-23(15-21)26(29-16-20-4-3-5-22(28)14-20)31-27(30-24)33-11-8-19(9-12-33)10-13-34/h3-7,14-15,19,34H,8-13,16H2,1-2H3,(H,29,30,31). The Labute approximate surface area is 210 Å². The third kappa shape index (κ3) is 5.11. The molecule has 35 heavy (non-hydrogen) atoms. The van der Waals surface area contributed by atoms with Crippen molar-refractivity contribution in [2.24, 2.45) is 5.92 Å². The van der Waals surface area contributed by atoms with Crippen LogP contribution in [-0.4, -0.2) is 39.9 Å². The van der Waals surface area contributed by atoms with Gasteiger partial charge in [-0.15, -0.1) is 0 Å². The van der Waals surface area contributed by atoms with E-state index in [4.69, 9.17) is 26.1 Å². The van der Waals surface area contributed by atoms with Gasteiger partial charge >= 0.3 is 0 Å². The van der Waals surface area contributed by atoms with Gasteiger partial charge in [-0.25, -0.2) is 4.98 Å². The van der Waals surface area contributed by atoms with Gasteiger partial charge in [-0.1, -0.05) is 35.0 Å². The monoisotopic (exact) mass is 491 g/mol. The Hall–Kier alpha value is -3.16. The first-order valence-corrected chi connectivity index (χ1v) is 12.5. The molecule has 182 valence electrons. The van der Waals surface area contributed by atoms with Crippen molar-refractivity contribution >= 4 is 34.3 Å². The maximum absolute atomic E-state index is 9.29. The molecule has 0 bridgehead atoms. The number of hydrogen-bond acceptors (Lipinski definition) is 7. The molecule has 1 saturated heterocycles. The molecule has 2 aromatic heterocycles. The molecule has 3 heterocycles. The number of nitrogens with one attached hydrogen (secondary N) is 1. The molecule has 4 aromatic rings. The molecule has 1 aliphatic rings. The van der Waals surface area contributed by atoms with E-state index in [2.05, 4.69) is 27.5 Å². The first-order chi connectivity index (χ1) is 17.0. The van der Waals surface area contributed by atoms with Gasteiger partial charge in [0.2, 0.25) is 5.95 Å². The summed E-state index contributed by atoms with van der Waals surface area (Å²) in [6.45, 7) is 6.51. The number of fused-ring (bicyclic) bond motifs is 1. The molecule has 0 unspecified atom stereocenters. The molecule has 0 amide bonds. The average Bonchev–Trinajstić information content (AvgIpc) is 3.20. The zero-order chi connectivity index (χ0) is 24.4. The second kappa shape index (κ2) is 10.2. The average molecular weight is 492 g/mol. The molecule has 8 heteroatoms. The summed E-state index contributed by atoms with van der Waals surface area (Å²) >= 11 is 6.20. The fourth-order valence-corrected chi connectivity index (χ4v) is 5.09.